The van der Waals surface area contributed by atoms with Crippen LogP contribution in [-0.2, 0) is 4.79 Å². The van der Waals surface area contributed by atoms with Gasteiger partial charge in [-0.3, -0.25) is 4.79 Å². The van der Waals surface area contributed by atoms with Crippen molar-refractivity contribution in [2.75, 3.05) is 26.2 Å². The van der Waals surface area contributed by atoms with E-state index in [4.69, 9.17) is 16.3 Å². The van der Waals surface area contributed by atoms with Crippen molar-refractivity contribution in [2.24, 2.45) is 5.92 Å². The highest BCUT2D eigenvalue weighted by Gasteiger charge is 2.16. The third kappa shape index (κ3) is 4.36. The molecule has 0 bridgehead atoms. The Balaban J connectivity index is 1.66. The number of hydrogen-bond donors (Lipinski definition) is 2. The maximum atomic E-state index is 12.8. The van der Waals surface area contributed by atoms with Crippen LogP contribution in [0.5, 0.6) is 5.75 Å². The first kappa shape index (κ1) is 14.1. The molecular weight excluding hydrogens is 271 g/mol. The zero-order chi connectivity index (χ0) is 13.7. The van der Waals surface area contributed by atoms with E-state index in [0.717, 1.165) is 13.1 Å². The van der Waals surface area contributed by atoms with Crippen LogP contribution in [0.1, 0.15) is 6.42 Å². The van der Waals surface area contributed by atoms with Crippen LogP contribution in [0.25, 0.3) is 0 Å². The average molecular weight is 287 g/mol. The second-order valence-electron chi connectivity index (χ2n) is 4.50. The summed E-state index contributed by atoms with van der Waals surface area (Å²) in [5.74, 6) is 0.463. The molecule has 0 unspecified atom stereocenters. The van der Waals surface area contributed by atoms with Gasteiger partial charge in [-0.25, -0.2) is 4.39 Å². The van der Waals surface area contributed by atoms with E-state index in [0.29, 0.717) is 18.2 Å². The highest BCUT2D eigenvalue weighted by molar-refractivity contribution is 6.32. The highest BCUT2D eigenvalue weighted by Crippen LogP contribution is 2.24. The van der Waals surface area contributed by atoms with Gasteiger partial charge in [0.1, 0.15) is 11.6 Å². The zero-order valence-corrected chi connectivity index (χ0v) is 11.2. The van der Waals surface area contributed by atoms with Gasteiger partial charge in [0.25, 0.3) is 0 Å². The number of rotatable bonds is 6. The Hall–Kier alpha value is -1.33. The number of halogens is 2. The molecule has 0 radical (unpaired) electrons. The summed E-state index contributed by atoms with van der Waals surface area (Å²) >= 11 is 5.80. The topological polar surface area (TPSA) is 50.4 Å². The van der Waals surface area contributed by atoms with Gasteiger partial charge in [-0.05, 0) is 18.2 Å². The number of nitrogens with one attached hydrogen (secondary N) is 2. The summed E-state index contributed by atoms with van der Waals surface area (Å²) in [6.07, 6.45) is 0.258. The predicted octanol–water partition coefficient (Wildman–Crippen LogP) is 1.58. The van der Waals surface area contributed by atoms with Crippen molar-refractivity contribution in [3.8, 4) is 5.75 Å². The molecule has 19 heavy (non-hydrogen) atoms. The fourth-order valence-corrected chi connectivity index (χ4v) is 1.91. The third-order valence-electron chi connectivity index (χ3n) is 2.93. The summed E-state index contributed by atoms with van der Waals surface area (Å²) in [5, 5.41) is 6.19. The number of benzene rings is 1. The van der Waals surface area contributed by atoms with E-state index < -0.39 is 5.82 Å². The summed E-state index contributed by atoms with van der Waals surface area (Å²) < 4.78 is 18.1. The van der Waals surface area contributed by atoms with Crippen molar-refractivity contribution < 1.29 is 13.9 Å². The fraction of sp³-hybridized carbons (Fsp3) is 0.462. The van der Waals surface area contributed by atoms with E-state index in [2.05, 4.69) is 10.6 Å². The van der Waals surface area contributed by atoms with Gasteiger partial charge in [-0.1, -0.05) is 11.6 Å². The number of amides is 1. The average Bonchev–Trinajstić information content (AvgIpc) is 2.30. The number of carbonyl (C=O) groups is 1. The van der Waals surface area contributed by atoms with Crippen LogP contribution >= 0.6 is 11.6 Å². The second-order valence-corrected chi connectivity index (χ2v) is 4.91. The smallest absolute Gasteiger partial charge is 0.223 e. The van der Waals surface area contributed by atoms with E-state index in [1.807, 2.05) is 0 Å². The molecule has 1 amide bonds. The van der Waals surface area contributed by atoms with Crippen LogP contribution in [0.2, 0.25) is 5.02 Å². The molecule has 1 saturated heterocycles. The van der Waals surface area contributed by atoms with Gasteiger partial charge in [0.05, 0.1) is 18.1 Å². The van der Waals surface area contributed by atoms with Crippen LogP contribution < -0.4 is 15.4 Å². The normalized spacial score (nSPS) is 14.8. The van der Waals surface area contributed by atoms with E-state index in [9.17, 15) is 9.18 Å². The van der Waals surface area contributed by atoms with Crippen molar-refractivity contribution in [1.82, 2.24) is 10.6 Å². The van der Waals surface area contributed by atoms with Crippen molar-refractivity contribution in [2.45, 2.75) is 6.42 Å². The second kappa shape index (κ2) is 6.73. The lowest BCUT2D eigenvalue weighted by atomic mass is 10.0. The standard InChI is InChI=1S/C13H16ClFN2O2/c14-11-5-10(15)1-2-12(11)19-4-3-13(18)17-8-9-6-16-7-9/h1-2,5,9,16H,3-4,6-8H2,(H,17,18). The molecule has 1 aromatic carbocycles. The maximum Gasteiger partial charge on any atom is 0.223 e. The lowest BCUT2D eigenvalue weighted by Gasteiger charge is -2.27. The minimum Gasteiger partial charge on any atom is -0.491 e. The molecule has 1 aromatic rings. The number of ether oxygens (including phenoxy) is 1. The molecule has 0 aromatic heterocycles. The van der Waals surface area contributed by atoms with E-state index in [1.165, 1.54) is 18.2 Å². The molecule has 2 rings (SSSR count). The van der Waals surface area contributed by atoms with Crippen LogP contribution in [0.3, 0.4) is 0 Å². The van der Waals surface area contributed by atoms with Gasteiger partial charge < -0.3 is 15.4 Å². The molecule has 1 aliphatic heterocycles. The first-order valence-corrected chi connectivity index (χ1v) is 6.58. The van der Waals surface area contributed by atoms with Crippen molar-refractivity contribution >= 4 is 17.5 Å². The summed E-state index contributed by atoms with van der Waals surface area (Å²) in [6.45, 7) is 2.84. The molecule has 1 fully saturated rings. The molecule has 104 valence electrons. The molecule has 0 aliphatic carbocycles. The van der Waals surface area contributed by atoms with E-state index in [-0.39, 0.29) is 24.0 Å². The SMILES string of the molecule is O=C(CCOc1ccc(F)cc1Cl)NCC1CNC1. The Bertz CT molecular complexity index is 452. The lowest BCUT2D eigenvalue weighted by Crippen LogP contribution is -2.48. The Kier molecular flexibility index (Phi) is 4.99. The Morgan fingerprint density at radius 2 is 2.32 bits per heavy atom. The van der Waals surface area contributed by atoms with Crippen molar-refractivity contribution in [1.29, 1.82) is 0 Å². The van der Waals surface area contributed by atoms with Gasteiger partial charge in [-0.2, -0.15) is 0 Å². The number of carbonyl (C=O) groups excluding carboxylic acids is 1. The first-order chi connectivity index (χ1) is 9.15. The number of hydrogen-bond acceptors (Lipinski definition) is 3. The quantitative estimate of drug-likeness (QED) is 0.835. The van der Waals surface area contributed by atoms with Gasteiger partial charge in [0.15, 0.2) is 0 Å². The Labute approximate surface area is 116 Å². The molecule has 0 spiro atoms. The summed E-state index contributed by atoms with van der Waals surface area (Å²) in [4.78, 5) is 11.5. The molecule has 1 heterocycles. The largest absolute Gasteiger partial charge is 0.491 e. The summed E-state index contributed by atoms with van der Waals surface area (Å²) in [6, 6.07) is 3.90. The van der Waals surface area contributed by atoms with Gasteiger partial charge in [0.2, 0.25) is 5.91 Å². The monoisotopic (exact) mass is 286 g/mol. The van der Waals surface area contributed by atoms with Crippen molar-refractivity contribution in [3.63, 3.8) is 0 Å². The highest BCUT2D eigenvalue weighted by atomic mass is 35.5. The van der Waals surface area contributed by atoms with Gasteiger partial charge in [-0.15, -0.1) is 0 Å². The lowest BCUT2D eigenvalue weighted by molar-refractivity contribution is -0.121. The molecule has 0 atom stereocenters. The molecule has 4 nitrogen and oxygen atoms in total. The molecule has 0 saturated carbocycles. The minimum atomic E-state index is -0.413. The molecule has 1 aliphatic rings. The van der Waals surface area contributed by atoms with Gasteiger partial charge >= 0.3 is 0 Å². The fourth-order valence-electron chi connectivity index (χ4n) is 1.69. The van der Waals surface area contributed by atoms with Gasteiger partial charge in [0, 0.05) is 25.6 Å². The van der Waals surface area contributed by atoms with Crippen LogP contribution in [0.15, 0.2) is 18.2 Å². The molecule has 6 heteroatoms. The maximum absolute atomic E-state index is 12.8. The summed E-state index contributed by atoms with van der Waals surface area (Å²) in [5.41, 5.74) is 0. The predicted molar refractivity (Wildman–Crippen MR) is 70.9 cm³/mol. The first-order valence-electron chi connectivity index (χ1n) is 6.20. The van der Waals surface area contributed by atoms with Crippen LogP contribution in [0, 0.1) is 11.7 Å². The van der Waals surface area contributed by atoms with Crippen molar-refractivity contribution in [3.05, 3.63) is 29.0 Å². The Morgan fingerprint density at radius 1 is 1.53 bits per heavy atom. The zero-order valence-electron chi connectivity index (χ0n) is 10.4. The van der Waals surface area contributed by atoms with Crippen LogP contribution in [0.4, 0.5) is 4.39 Å². The van der Waals surface area contributed by atoms with Crippen LogP contribution in [-0.4, -0.2) is 32.1 Å². The third-order valence-corrected chi connectivity index (χ3v) is 3.23. The van der Waals surface area contributed by atoms with E-state index >= 15 is 0 Å². The Morgan fingerprint density at radius 3 is 2.95 bits per heavy atom. The molecule has 2 N–H and O–H groups in total. The minimum absolute atomic E-state index is 0.0508. The summed E-state index contributed by atoms with van der Waals surface area (Å²) in [7, 11) is 0. The van der Waals surface area contributed by atoms with E-state index in [1.54, 1.807) is 0 Å². The molecular formula is C13H16ClFN2O2.